The molecule has 1 fully saturated rings. The van der Waals surface area contributed by atoms with Crippen molar-refractivity contribution in [3.05, 3.63) is 82.2 Å². The van der Waals surface area contributed by atoms with Crippen molar-refractivity contribution in [1.29, 1.82) is 0 Å². The van der Waals surface area contributed by atoms with E-state index in [1.807, 2.05) is 31.2 Å². The topological polar surface area (TPSA) is 72.6 Å². The molecular formula is C26H23FN2O3. The number of primary amides is 1. The fraction of sp³-hybridized carbons (Fsp3) is 0.231. The van der Waals surface area contributed by atoms with Crippen molar-refractivity contribution in [3.8, 4) is 22.3 Å². The van der Waals surface area contributed by atoms with Gasteiger partial charge in [-0.1, -0.05) is 12.1 Å². The molecule has 0 bridgehead atoms. The Morgan fingerprint density at radius 2 is 1.75 bits per heavy atom. The quantitative estimate of drug-likeness (QED) is 0.535. The van der Waals surface area contributed by atoms with Gasteiger partial charge in [0, 0.05) is 24.2 Å². The summed E-state index contributed by atoms with van der Waals surface area (Å²) in [4.78, 5) is 27.0. The first-order chi connectivity index (χ1) is 15.4. The molecule has 32 heavy (non-hydrogen) atoms. The molecule has 2 amide bonds. The van der Waals surface area contributed by atoms with Crippen LogP contribution in [-0.4, -0.2) is 43.0 Å². The van der Waals surface area contributed by atoms with E-state index in [0.717, 1.165) is 38.9 Å². The fourth-order valence-corrected chi connectivity index (χ4v) is 4.66. The Hall–Kier alpha value is -3.51. The number of carbonyl (C=O) groups excluding carboxylic acids is 2. The van der Waals surface area contributed by atoms with Gasteiger partial charge in [-0.3, -0.25) is 9.59 Å². The van der Waals surface area contributed by atoms with Crippen LogP contribution in [0.5, 0.6) is 0 Å². The highest BCUT2D eigenvalue weighted by Gasteiger charge is 2.27. The second kappa shape index (κ2) is 7.88. The average molecular weight is 430 g/mol. The minimum absolute atomic E-state index is 0.0155. The Morgan fingerprint density at radius 3 is 2.50 bits per heavy atom. The van der Waals surface area contributed by atoms with E-state index in [0.29, 0.717) is 43.9 Å². The van der Waals surface area contributed by atoms with E-state index in [2.05, 4.69) is 0 Å². The SMILES string of the molecule is Cc1ccc(F)cc1-c1cc(C(N)=O)c2c(c1)-c1ccc(C(=O)N3CCOCC3)cc1C2. The average Bonchev–Trinajstić information content (AvgIpc) is 3.17. The molecule has 1 aliphatic carbocycles. The number of morpholine rings is 1. The lowest BCUT2D eigenvalue weighted by Crippen LogP contribution is -2.40. The van der Waals surface area contributed by atoms with Crippen molar-refractivity contribution in [2.75, 3.05) is 26.3 Å². The molecule has 1 aliphatic heterocycles. The molecule has 5 nitrogen and oxygen atoms in total. The molecular weight excluding hydrogens is 407 g/mol. The second-order valence-corrected chi connectivity index (χ2v) is 8.33. The summed E-state index contributed by atoms with van der Waals surface area (Å²) in [6.07, 6.45) is 0.523. The van der Waals surface area contributed by atoms with Gasteiger partial charge >= 0.3 is 0 Å². The second-order valence-electron chi connectivity index (χ2n) is 8.33. The normalized spacial score (nSPS) is 14.8. The van der Waals surface area contributed by atoms with Crippen molar-refractivity contribution in [2.45, 2.75) is 13.3 Å². The van der Waals surface area contributed by atoms with Crippen LogP contribution in [0.3, 0.4) is 0 Å². The van der Waals surface area contributed by atoms with Gasteiger partial charge in [0.2, 0.25) is 5.91 Å². The van der Waals surface area contributed by atoms with Crippen molar-refractivity contribution in [1.82, 2.24) is 4.90 Å². The van der Waals surface area contributed by atoms with Crippen LogP contribution in [0.25, 0.3) is 22.3 Å². The number of fused-ring (bicyclic) bond motifs is 3. The van der Waals surface area contributed by atoms with Crippen LogP contribution in [0.1, 0.15) is 37.4 Å². The van der Waals surface area contributed by atoms with Crippen LogP contribution in [0, 0.1) is 12.7 Å². The van der Waals surface area contributed by atoms with E-state index >= 15 is 0 Å². The molecule has 5 rings (SSSR count). The Balaban J connectivity index is 1.58. The molecule has 2 aliphatic rings. The van der Waals surface area contributed by atoms with E-state index in [1.165, 1.54) is 12.1 Å². The third-order valence-corrected chi connectivity index (χ3v) is 6.33. The maximum Gasteiger partial charge on any atom is 0.254 e. The van der Waals surface area contributed by atoms with E-state index in [1.54, 1.807) is 17.0 Å². The Kier molecular flexibility index (Phi) is 5.02. The lowest BCUT2D eigenvalue weighted by atomic mass is 9.92. The zero-order valence-corrected chi connectivity index (χ0v) is 17.8. The van der Waals surface area contributed by atoms with Gasteiger partial charge in [-0.15, -0.1) is 0 Å². The highest BCUT2D eigenvalue weighted by Crippen LogP contribution is 2.42. The summed E-state index contributed by atoms with van der Waals surface area (Å²) in [6, 6.07) is 14.0. The maximum absolute atomic E-state index is 13.9. The van der Waals surface area contributed by atoms with E-state index < -0.39 is 5.91 Å². The number of nitrogens with zero attached hydrogens (tertiary/aromatic N) is 1. The monoisotopic (exact) mass is 430 g/mol. The fourth-order valence-electron chi connectivity index (χ4n) is 4.66. The van der Waals surface area contributed by atoms with Crippen LogP contribution in [0.15, 0.2) is 48.5 Å². The maximum atomic E-state index is 13.9. The summed E-state index contributed by atoms with van der Waals surface area (Å²) in [5.41, 5.74) is 12.9. The van der Waals surface area contributed by atoms with Crippen molar-refractivity contribution >= 4 is 11.8 Å². The van der Waals surface area contributed by atoms with Crippen molar-refractivity contribution in [2.24, 2.45) is 5.73 Å². The molecule has 1 saturated heterocycles. The zero-order chi connectivity index (χ0) is 22.4. The number of carbonyl (C=O) groups is 2. The molecule has 3 aromatic carbocycles. The predicted molar refractivity (Wildman–Crippen MR) is 120 cm³/mol. The molecule has 0 unspecified atom stereocenters. The van der Waals surface area contributed by atoms with Crippen LogP contribution < -0.4 is 5.73 Å². The molecule has 1 heterocycles. The standard InChI is InChI=1S/C26H23FN2O3/c1-15-2-4-19(27)14-21(15)18-12-22-20-5-3-16(26(31)29-6-8-32-9-7-29)10-17(20)11-23(22)24(13-18)25(28)30/h2-5,10,12-14H,6-9,11H2,1H3,(H2,28,30). The van der Waals surface area contributed by atoms with Crippen LogP contribution in [0.4, 0.5) is 4.39 Å². The van der Waals surface area contributed by atoms with Crippen LogP contribution in [0.2, 0.25) is 0 Å². The molecule has 3 aromatic rings. The molecule has 0 aromatic heterocycles. The number of halogens is 1. The summed E-state index contributed by atoms with van der Waals surface area (Å²) in [5.74, 6) is -0.869. The molecule has 0 spiro atoms. The van der Waals surface area contributed by atoms with Gasteiger partial charge in [-0.25, -0.2) is 4.39 Å². The largest absolute Gasteiger partial charge is 0.378 e. The summed E-state index contributed by atoms with van der Waals surface area (Å²) >= 11 is 0. The summed E-state index contributed by atoms with van der Waals surface area (Å²) < 4.78 is 19.3. The number of hydrogen-bond donors (Lipinski definition) is 1. The Labute approximate surface area is 185 Å². The van der Waals surface area contributed by atoms with Gasteiger partial charge in [0.15, 0.2) is 0 Å². The molecule has 0 radical (unpaired) electrons. The van der Waals surface area contributed by atoms with E-state index in [4.69, 9.17) is 10.5 Å². The van der Waals surface area contributed by atoms with Crippen LogP contribution in [-0.2, 0) is 11.2 Å². The molecule has 6 heteroatoms. The lowest BCUT2D eigenvalue weighted by Gasteiger charge is -2.27. The smallest absolute Gasteiger partial charge is 0.254 e. The number of ether oxygens (including phenoxy) is 1. The number of amides is 2. The third kappa shape index (κ3) is 3.46. The highest BCUT2D eigenvalue weighted by atomic mass is 19.1. The van der Waals surface area contributed by atoms with Gasteiger partial charge in [0.25, 0.3) is 5.91 Å². The summed E-state index contributed by atoms with van der Waals surface area (Å²) in [6.45, 7) is 4.17. The number of rotatable bonds is 3. The molecule has 0 saturated carbocycles. The van der Waals surface area contributed by atoms with Gasteiger partial charge < -0.3 is 15.4 Å². The van der Waals surface area contributed by atoms with Gasteiger partial charge in [0.05, 0.1) is 13.2 Å². The van der Waals surface area contributed by atoms with Gasteiger partial charge in [-0.2, -0.15) is 0 Å². The Morgan fingerprint density at radius 1 is 0.969 bits per heavy atom. The van der Waals surface area contributed by atoms with Gasteiger partial charge in [0.1, 0.15) is 5.82 Å². The third-order valence-electron chi connectivity index (χ3n) is 6.33. The molecule has 2 N–H and O–H groups in total. The number of aryl methyl sites for hydroxylation is 1. The predicted octanol–water partition coefficient (Wildman–Crippen LogP) is 3.94. The van der Waals surface area contributed by atoms with Crippen molar-refractivity contribution < 1.29 is 18.7 Å². The lowest BCUT2D eigenvalue weighted by molar-refractivity contribution is 0.0303. The minimum atomic E-state index is -0.519. The number of nitrogens with two attached hydrogens (primary N) is 1. The summed E-state index contributed by atoms with van der Waals surface area (Å²) in [7, 11) is 0. The number of hydrogen-bond acceptors (Lipinski definition) is 3. The Bertz CT molecular complexity index is 1260. The van der Waals surface area contributed by atoms with Crippen LogP contribution >= 0.6 is 0 Å². The highest BCUT2D eigenvalue weighted by molar-refractivity contribution is 6.01. The van der Waals surface area contributed by atoms with Crippen molar-refractivity contribution in [3.63, 3.8) is 0 Å². The first-order valence-corrected chi connectivity index (χ1v) is 10.7. The zero-order valence-electron chi connectivity index (χ0n) is 17.8. The van der Waals surface area contributed by atoms with E-state index in [9.17, 15) is 14.0 Å². The number of benzene rings is 3. The first-order valence-electron chi connectivity index (χ1n) is 10.7. The summed E-state index contributed by atoms with van der Waals surface area (Å²) in [5, 5.41) is 0. The van der Waals surface area contributed by atoms with Gasteiger partial charge in [-0.05, 0) is 88.7 Å². The molecule has 0 atom stereocenters. The minimum Gasteiger partial charge on any atom is -0.378 e. The van der Waals surface area contributed by atoms with E-state index in [-0.39, 0.29) is 11.7 Å². The first kappa shape index (κ1) is 20.4. The molecule has 162 valence electrons.